The maximum absolute atomic E-state index is 12.4. The molecule has 1 aromatic carbocycles. The average Bonchev–Trinajstić information content (AvgIpc) is 2.47. The minimum absolute atomic E-state index is 0.0721. The second kappa shape index (κ2) is 6.05. The summed E-state index contributed by atoms with van der Waals surface area (Å²) in [4.78, 5) is 15.5. The number of hydrogen-bond donors (Lipinski definition) is 1. The van der Waals surface area contributed by atoms with E-state index in [4.69, 9.17) is 0 Å². The van der Waals surface area contributed by atoms with Crippen LogP contribution in [0.5, 0.6) is 0 Å². The lowest BCUT2D eigenvalue weighted by atomic mass is 10.1. The molecule has 0 aliphatic carbocycles. The molecule has 21 heavy (non-hydrogen) atoms. The SMILES string of the molecule is CCC(=O)NS(=O)(=O)c1ccc(C)cc1-c1cccnc1. The van der Waals surface area contributed by atoms with Crippen molar-refractivity contribution in [3.63, 3.8) is 0 Å². The summed E-state index contributed by atoms with van der Waals surface area (Å²) < 4.78 is 26.8. The summed E-state index contributed by atoms with van der Waals surface area (Å²) >= 11 is 0. The molecule has 110 valence electrons. The largest absolute Gasteiger partial charge is 0.274 e. The Kier molecular flexibility index (Phi) is 4.37. The second-order valence-electron chi connectivity index (χ2n) is 4.62. The monoisotopic (exact) mass is 304 g/mol. The lowest BCUT2D eigenvalue weighted by Gasteiger charge is -2.12. The van der Waals surface area contributed by atoms with Crippen LogP contribution in [-0.2, 0) is 14.8 Å². The van der Waals surface area contributed by atoms with Gasteiger partial charge in [0.1, 0.15) is 0 Å². The van der Waals surface area contributed by atoms with E-state index in [9.17, 15) is 13.2 Å². The Morgan fingerprint density at radius 3 is 2.67 bits per heavy atom. The van der Waals surface area contributed by atoms with Gasteiger partial charge >= 0.3 is 0 Å². The number of benzene rings is 1. The van der Waals surface area contributed by atoms with Gasteiger partial charge in [0.05, 0.1) is 4.90 Å². The number of nitrogens with zero attached hydrogens (tertiary/aromatic N) is 1. The molecule has 6 heteroatoms. The summed E-state index contributed by atoms with van der Waals surface area (Å²) in [7, 11) is -3.89. The molecule has 0 fully saturated rings. The first kappa shape index (κ1) is 15.2. The van der Waals surface area contributed by atoms with E-state index in [-0.39, 0.29) is 11.3 Å². The fourth-order valence-corrected chi connectivity index (χ4v) is 3.17. The maximum atomic E-state index is 12.4. The molecule has 0 radical (unpaired) electrons. The van der Waals surface area contributed by atoms with E-state index in [2.05, 4.69) is 9.71 Å². The average molecular weight is 304 g/mol. The fraction of sp³-hybridized carbons (Fsp3) is 0.200. The highest BCUT2D eigenvalue weighted by Crippen LogP contribution is 2.27. The number of pyridine rings is 1. The van der Waals surface area contributed by atoms with Gasteiger partial charge in [-0.25, -0.2) is 13.1 Å². The Labute approximate surface area is 124 Å². The molecule has 1 aromatic heterocycles. The quantitative estimate of drug-likeness (QED) is 0.940. The van der Waals surface area contributed by atoms with Gasteiger partial charge in [-0.3, -0.25) is 9.78 Å². The van der Waals surface area contributed by atoms with Crippen molar-refractivity contribution >= 4 is 15.9 Å². The van der Waals surface area contributed by atoms with Gasteiger partial charge in [0.25, 0.3) is 10.0 Å². The Bertz CT molecular complexity index is 756. The first-order chi connectivity index (χ1) is 9.94. The number of nitrogens with one attached hydrogen (secondary N) is 1. The molecule has 0 saturated carbocycles. The molecule has 0 bridgehead atoms. The van der Waals surface area contributed by atoms with E-state index >= 15 is 0 Å². The second-order valence-corrected chi connectivity index (χ2v) is 6.27. The molecule has 0 unspecified atom stereocenters. The lowest BCUT2D eigenvalue weighted by Crippen LogP contribution is -2.30. The molecule has 0 spiro atoms. The van der Waals surface area contributed by atoms with E-state index in [1.807, 2.05) is 6.92 Å². The summed E-state index contributed by atoms with van der Waals surface area (Å²) in [5.41, 5.74) is 2.14. The van der Waals surface area contributed by atoms with Crippen molar-refractivity contribution in [1.29, 1.82) is 0 Å². The molecule has 1 heterocycles. The molecule has 2 rings (SSSR count). The number of carbonyl (C=O) groups is 1. The van der Waals surface area contributed by atoms with E-state index in [0.717, 1.165) is 5.56 Å². The third-order valence-electron chi connectivity index (χ3n) is 2.97. The van der Waals surface area contributed by atoms with Crippen LogP contribution in [0.15, 0.2) is 47.6 Å². The van der Waals surface area contributed by atoms with Crippen molar-refractivity contribution in [2.24, 2.45) is 0 Å². The van der Waals surface area contributed by atoms with E-state index in [1.54, 1.807) is 43.6 Å². The molecule has 5 nitrogen and oxygen atoms in total. The van der Waals surface area contributed by atoms with E-state index < -0.39 is 15.9 Å². The summed E-state index contributed by atoms with van der Waals surface area (Å²) in [6.45, 7) is 3.48. The Balaban J connectivity index is 2.57. The predicted molar refractivity (Wildman–Crippen MR) is 80.0 cm³/mol. The van der Waals surface area contributed by atoms with Gasteiger partial charge in [-0.2, -0.15) is 0 Å². The van der Waals surface area contributed by atoms with Crippen LogP contribution >= 0.6 is 0 Å². The van der Waals surface area contributed by atoms with Crippen molar-refractivity contribution in [3.05, 3.63) is 48.3 Å². The van der Waals surface area contributed by atoms with Gasteiger partial charge in [-0.05, 0) is 19.1 Å². The highest BCUT2D eigenvalue weighted by atomic mass is 32.2. The lowest BCUT2D eigenvalue weighted by molar-refractivity contribution is -0.119. The van der Waals surface area contributed by atoms with Crippen molar-refractivity contribution in [3.8, 4) is 11.1 Å². The van der Waals surface area contributed by atoms with Gasteiger partial charge in [-0.15, -0.1) is 0 Å². The molecule has 2 aromatic rings. The smallest absolute Gasteiger partial charge is 0.264 e. The highest BCUT2D eigenvalue weighted by Gasteiger charge is 2.21. The fourth-order valence-electron chi connectivity index (χ4n) is 1.90. The number of amides is 1. The third-order valence-corrected chi connectivity index (χ3v) is 4.40. The van der Waals surface area contributed by atoms with Crippen LogP contribution in [0.4, 0.5) is 0 Å². The standard InChI is InChI=1S/C15H16N2O3S/c1-3-15(18)17-21(19,20)14-7-6-11(2)9-13(14)12-5-4-8-16-10-12/h4-10H,3H2,1-2H3,(H,17,18). The first-order valence-electron chi connectivity index (χ1n) is 6.50. The first-order valence-corrected chi connectivity index (χ1v) is 7.99. The van der Waals surface area contributed by atoms with Crippen LogP contribution in [0.2, 0.25) is 0 Å². The Morgan fingerprint density at radius 1 is 1.29 bits per heavy atom. The number of aromatic nitrogens is 1. The van der Waals surface area contributed by atoms with Gasteiger partial charge in [0, 0.05) is 29.9 Å². The van der Waals surface area contributed by atoms with Crippen molar-refractivity contribution < 1.29 is 13.2 Å². The van der Waals surface area contributed by atoms with Crippen LogP contribution in [0.25, 0.3) is 11.1 Å². The summed E-state index contributed by atoms with van der Waals surface area (Å²) in [6.07, 6.45) is 3.31. The summed E-state index contributed by atoms with van der Waals surface area (Å²) in [6, 6.07) is 8.48. The van der Waals surface area contributed by atoms with Crippen molar-refractivity contribution in [1.82, 2.24) is 9.71 Å². The van der Waals surface area contributed by atoms with Gasteiger partial charge < -0.3 is 0 Å². The van der Waals surface area contributed by atoms with Crippen molar-refractivity contribution in [2.45, 2.75) is 25.2 Å². The van der Waals surface area contributed by atoms with Crippen LogP contribution < -0.4 is 4.72 Å². The van der Waals surface area contributed by atoms with Crippen molar-refractivity contribution in [2.75, 3.05) is 0 Å². The minimum Gasteiger partial charge on any atom is -0.274 e. The number of hydrogen-bond acceptors (Lipinski definition) is 4. The number of aryl methyl sites for hydroxylation is 1. The highest BCUT2D eigenvalue weighted by molar-refractivity contribution is 7.90. The van der Waals surface area contributed by atoms with Crippen LogP contribution in [0, 0.1) is 6.92 Å². The van der Waals surface area contributed by atoms with Crippen LogP contribution in [0.3, 0.4) is 0 Å². The van der Waals surface area contributed by atoms with Gasteiger partial charge in [0.15, 0.2) is 0 Å². The third kappa shape index (κ3) is 3.46. The summed E-state index contributed by atoms with van der Waals surface area (Å²) in [5.74, 6) is -0.535. The zero-order valence-electron chi connectivity index (χ0n) is 11.8. The topological polar surface area (TPSA) is 76.1 Å². The molecule has 0 atom stereocenters. The van der Waals surface area contributed by atoms with Gasteiger partial charge in [0.2, 0.25) is 5.91 Å². The molecule has 1 N–H and O–H groups in total. The number of sulfonamides is 1. The molecular weight excluding hydrogens is 288 g/mol. The Hall–Kier alpha value is -2.21. The Morgan fingerprint density at radius 2 is 2.05 bits per heavy atom. The predicted octanol–water partition coefficient (Wildman–Crippen LogP) is 2.27. The van der Waals surface area contributed by atoms with Crippen LogP contribution in [-0.4, -0.2) is 19.3 Å². The number of rotatable bonds is 4. The van der Waals surface area contributed by atoms with Crippen LogP contribution in [0.1, 0.15) is 18.9 Å². The molecular formula is C15H16N2O3S. The molecule has 1 amide bonds. The zero-order valence-corrected chi connectivity index (χ0v) is 12.6. The van der Waals surface area contributed by atoms with E-state index in [0.29, 0.717) is 11.1 Å². The molecule has 0 aliphatic rings. The number of carbonyl (C=O) groups excluding carboxylic acids is 1. The zero-order chi connectivity index (χ0) is 15.5. The maximum Gasteiger partial charge on any atom is 0.264 e. The summed E-state index contributed by atoms with van der Waals surface area (Å²) in [5, 5.41) is 0. The molecule has 0 saturated heterocycles. The minimum atomic E-state index is -3.89. The normalized spacial score (nSPS) is 11.1. The van der Waals surface area contributed by atoms with E-state index in [1.165, 1.54) is 6.07 Å². The van der Waals surface area contributed by atoms with Gasteiger partial charge in [-0.1, -0.05) is 30.7 Å². The molecule has 0 aliphatic heterocycles.